The fraction of sp³-hybridized carbons (Fsp3) is 0.364. The molecule has 0 N–H and O–H groups in total. The number of amides is 1. The van der Waals surface area contributed by atoms with Gasteiger partial charge in [0, 0.05) is 0 Å². The Labute approximate surface area is 88.4 Å². The van der Waals surface area contributed by atoms with E-state index in [-0.39, 0.29) is 12.2 Å². The maximum Gasteiger partial charge on any atom is 0.414 e. The molecule has 0 fully saturated rings. The van der Waals surface area contributed by atoms with Gasteiger partial charge in [-0.2, -0.15) is 0 Å². The highest BCUT2D eigenvalue weighted by molar-refractivity contribution is 5.90. The van der Waals surface area contributed by atoms with Gasteiger partial charge in [-0.05, 0) is 19.1 Å². The number of ether oxygens (including phenoxy) is 2. The van der Waals surface area contributed by atoms with Crippen LogP contribution in [0.3, 0.4) is 0 Å². The number of rotatable bonds is 0. The van der Waals surface area contributed by atoms with E-state index in [2.05, 4.69) is 0 Å². The summed E-state index contributed by atoms with van der Waals surface area (Å²) in [7, 11) is 1.38. The number of carbonyl (C=O) groups is 1. The third-order valence-electron chi connectivity index (χ3n) is 2.32. The molecular weight excluding hydrogens is 194 g/mol. The second kappa shape index (κ2) is 3.81. The monoisotopic (exact) mass is 207 g/mol. The van der Waals surface area contributed by atoms with Crippen LogP contribution in [0.2, 0.25) is 0 Å². The van der Waals surface area contributed by atoms with Crippen molar-refractivity contribution >= 4 is 11.8 Å². The number of carbonyl (C=O) groups excluding carboxylic acids is 1. The molecule has 1 atom stereocenters. The maximum absolute atomic E-state index is 11.5. The quantitative estimate of drug-likeness (QED) is 0.653. The Hall–Kier alpha value is -1.71. The van der Waals surface area contributed by atoms with Crippen molar-refractivity contribution in [3.8, 4) is 5.75 Å². The first-order chi connectivity index (χ1) is 7.22. The van der Waals surface area contributed by atoms with Crippen LogP contribution >= 0.6 is 0 Å². The van der Waals surface area contributed by atoms with Gasteiger partial charge in [0.15, 0.2) is 0 Å². The van der Waals surface area contributed by atoms with Crippen molar-refractivity contribution in [1.82, 2.24) is 0 Å². The van der Waals surface area contributed by atoms with E-state index in [0.717, 1.165) is 11.4 Å². The molecule has 1 aliphatic rings. The zero-order valence-corrected chi connectivity index (χ0v) is 8.77. The summed E-state index contributed by atoms with van der Waals surface area (Å²) >= 11 is 0. The van der Waals surface area contributed by atoms with Crippen molar-refractivity contribution in [2.24, 2.45) is 0 Å². The van der Waals surface area contributed by atoms with Gasteiger partial charge in [-0.3, -0.25) is 4.90 Å². The molecule has 1 amide bonds. The number of hydrogen-bond donors (Lipinski definition) is 0. The van der Waals surface area contributed by atoms with Crippen LogP contribution in [0.5, 0.6) is 5.75 Å². The third-order valence-corrected chi connectivity index (χ3v) is 2.32. The summed E-state index contributed by atoms with van der Waals surface area (Å²) in [5, 5.41) is 0. The third kappa shape index (κ3) is 1.75. The van der Waals surface area contributed by atoms with Crippen molar-refractivity contribution in [2.75, 3.05) is 18.6 Å². The first kappa shape index (κ1) is 9.83. The molecule has 15 heavy (non-hydrogen) atoms. The molecule has 0 bridgehead atoms. The number of hydrogen-bond acceptors (Lipinski definition) is 3. The molecule has 0 aromatic heterocycles. The fourth-order valence-electron chi connectivity index (χ4n) is 1.67. The van der Waals surface area contributed by atoms with Crippen molar-refractivity contribution in [2.45, 2.75) is 13.0 Å². The summed E-state index contributed by atoms with van der Waals surface area (Å²) in [6.07, 6.45) is -0.364. The van der Waals surface area contributed by atoms with Crippen LogP contribution in [0, 0.1) is 0 Å². The van der Waals surface area contributed by atoms with Crippen molar-refractivity contribution in [3.63, 3.8) is 0 Å². The van der Waals surface area contributed by atoms with Crippen LogP contribution in [-0.4, -0.2) is 25.9 Å². The van der Waals surface area contributed by atoms with Gasteiger partial charge in [-0.25, -0.2) is 4.79 Å². The van der Waals surface area contributed by atoms with Crippen LogP contribution in [-0.2, 0) is 4.74 Å². The second-order valence-electron chi connectivity index (χ2n) is 3.48. The largest absolute Gasteiger partial charge is 0.487 e. The molecule has 0 radical (unpaired) electrons. The molecule has 1 unspecified atom stereocenters. The molecular formula is C11H13NO3. The Balaban J connectivity index is 2.38. The van der Waals surface area contributed by atoms with Gasteiger partial charge in [0.2, 0.25) is 0 Å². The van der Waals surface area contributed by atoms with Crippen LogP contribution < -0.4 is 9.64 Å². The molecule has 1 heterocycles. The summed E-state index contributed by atoms with van der Waals surface area (Å²) in [6.45, 7) is 2.44. The van der Waals surface area contributed by atoms with Gasteiger partial charge < -0.3 is 9.47 Å². The lowest BCUT2D eigenvalue weighted by atomic mass is 10.2. The molecule has 2 rings (SSSR count). The molecule has 0 saturated carbocycles. The predicted octanol–water partition coefficient (Wildman–Crippen LogP) is 2.04. The van der Waals surface area contributed by atoms with Gasteiger partial charge >= 0.3 is 6.09 Å². The van der Waals surface area contributed by atoms with Crippen LogP contribution in [0.4, 0.5) is 10.5 Å². The zero-order chi connectivity index (χ0) is 10.8. The molecule has 0 aliphatic carbocycles. The summed E-state index contributed by atoms with van der Waals surface area (Å²) in [5.74, 6) is 0.724. The van der Waals surface area contributed by atoms with Gasteiger partial charge in [-0.1, -0.05) is 12.1 Å². The smallest absolute Gasteiger partial charge is 0.414 e. The lowest BCUT2D eigenvalue weighted by Gasteiger charge is -2.32. The Morgan fingerprint density at radius 2 is 2.27 bits per heavy atom. The standard InChI is InChI=1S/C11H13NO3/c1-8-7-12(11(13)14-2)9-5-3-4-6-10(9)15-8/h3-6,8H,7H2,1-2H3. The summed E-state index contributed by atoms with van der Waals surface area (Å²) in [4.78, 5) is 13.1. The van der Waals surface area contributed by atoms with E-state index in [9.17, 15) is 4.79 Å². The molecule has 80 valence electrons. The first-order valence-electron chi connectivity index (χ1n) is 4.83. The number of methoxy groups -OCH3 is 1. The Morgan fingerprint density at radius 1 is 1.53 bits per heavy atom. The summed E-state index contributed by atoms with van der Waals surface area (Å²) in [6, 6.07) is 7.44. The Morgan fingerprint density at radius 3 is 3.00 bits per heavy atom. The van der Waals surface area contributed by atoms with Crippen molar-refractivity contribution < 1.29 is 14.3 Å². The maximum atomic E-state index is 11.5. The van der Waals surface area contributed by atoms with Crippen LogP contribution in [0.1, 0.15) is 6.92 Å². The number of benzene rings is 1. The molecule has 1 aliphatic heterocycles. The van der Waals surface area contributed by atoms with E-state index in [1.54, 1.807) is 4.90 Å². The summed E-state index contributed by atoms with van der Waals surface area (Å²) in [5.41, 5.74) is 0.766. The average molecular weight is 207 g/mol. The van der Waals surface area contributed by atoms with E-state index < -0.39 is 0 Å². The molecule has 0 saturated heterocycles. The summed E-state index contributed by atoms with van der Waals surface area (Å²) < 4.78 is 10.3. The van der Waals surface area contributed by atoms with Crippen molar-refractivity contribution in [3.05, 3.63) is 24.3 Å². The molecule has 4 nitrogen and oxygen atoms in total. The zero-order valence-electron chi connectivity index (χ0n) is 8.77. The van der Waals surface area contributed by atoms with Gasteiger partial charge in [0.25, 0.3) is 0 Å². The minimum atomic E-state index is -0.349. The highest BCUT2D eigenvalue weighted by Crippen LogP contribution is 2.33. The lowest BCUT2D eigenvalue weighted by molar-refractivity contribution is 0.164. The van der Waals surface area contributed by atoms with Crippen molar-refractivity contribution in [1.29, 1.82) is 0 Å². The minimum Gasteiger partial charge on any atom is -0.487 e. The van der Waals surface area contributed by atoms with E-state index in [4.69, 9.17) is 9.47 Å². The molecule has 1 aromatic carbocycles. The highest BCUT2D eigenvalue weighted by Gasteiger charge is 2.27. The van der Waals surface area contributed by atoms with Crippen LogP contribution in [0.15, 0.2) is 24.3 Å². The lowest BCUT2D eigenvalue weighted by Crippen LogP contribution is -2.42. The minimum absolute atomic E-state index is 0.0148. The number of fused-ring (bicyclic) bond motifs is 1. The number of nitrogens with zero attached hydrogens (tertiary/aromatic N) is 1. The molecule has 0 spiro atoms. The molecule has 4 heteroatoms. The second-order valence-corrected chi connectivity index (χ2v) is 3.48. The van der Waals surface area contributed by atoms with E-state index >= 15 is 0 Å². The predicted molar refractivity (Wildman–Crippen MR) is 56.3 cm³/mol. The van der Waals surface area contributed by atoms with E-state index in [0.29, 0.717) is 6.54 Å². The van der Waals surface area contributed by atoms with Gasteiger partial charge in [-0.15, -0.1) is 0 Å². The normalized spacial score (nSPS) is 19.1. The van der Waals surface area contributed by atoms with E-state index in [1.807, 2.05) is 31.2 Å². The Bertz CT molecular complexity index is 378. The highest BCUT2D eigenvalue weighted by atomic mass is 16.5. The fourth-order valence-corrected chi connectivity index (χ4v) is 1.67. The topological polar surface area (TPSA) is 38.8 Å². The van der Waals surface area contributed by atoms with Crippen LogP contribution in [0.25, 0.3) is 0 Å². The first-order valence-corrected chi connectivity index (χ1v) is 4.83. The van der Waals surface area contributed by atoms with Gasteiger partial charge in [0.05, 0.1) is 19.3 Å². The SMILES string of the molecule is COC(=O)N1CC(C)Oc2ccccc21. The van der Waals surface area contributed by atoms with E-state index in [1.165, 1.54) is 7.11 Å². The molecule has 1 aromatic rings. The Kier molecular flexibility index (Phi) is 2.49. The average Bonchev–Trinajstić information content (AvgIpc) is 2.26. The van der Waals surface area contributed by atoms with Gasteiger partial charge in [0.1, 0.15) is 11.9 Å². The number of para-hydroxylation sites is 2. The number of anilines is 1.